The average molecular weight is 434 g/mol. The zero-order chi connectivity index (χ0) is 22.1. The van der Waals surface area contributed by atoms with Gasteiger partial charge in [-0.2, -0.15) is 0 Å². The number of rotatable bonds is 8. The van der Waals surface area contributed by atoms with Crippen LogP contribution < -0.4 is 4.74 Å². The summed E-state index contributed by atoms with van der Waals surface area (Å²) in [6.45, 7) is 9.85. The van der Waals surface area contributed by atoms with Crippen LogP contribution >= 0.6 is 0 Å². The summed E-state index contributed by atoms with van der Waals surface area (Å²) in [5, 5.41) is 1.33. The lowest BCUT2D eigenvalue weighted by Gasteiger charge is -2.39. The van der Waals surface area contributed by atoms with E-state index >= 15 is 0 Å². The lowest BCUT2D eigenvalue weighted by atomic mass is 9.91. The first-order valence-corrected chi connectivity index (χ1v) is 11.8. The Morgan fingerprint density at radius 2 is 1.94 bits per heavy atom. The summed E-state index contributed by atoms with van der Waals surface area (Å²) in [5.41, 5.74) is 6.32. The normalized spacial score (nSPS) is 19.1. The minimum atomic E-state index is -0.246. The number of fused-ring (bicyclic) bond motifs is 3. The minimum absolute atomic E-state index is 0.132. The molecule has 32 heavy (non-hydrogen) atoms. The van der Waals surface area contributed by atoms with E-state index in [1.165, 1.54) is 33.4 Å². The second-order valence-electron chi connectivity index (χ2n) is 8.94. The predicted molar refractivity (Wildman–Crippen MR) is 128 cm³/mol. The van der Waals surface area contributed by atoms with Gasteiger partial charge in [-0.15, -0.1) is 0 Å². The summed E-state index contributed by atoms with van der Waals surface area (Å²) >= 11 is 0. The zero-order valence-corrected chi connectivity index (χ0v) is 18.8. The van der Waals surface area contributed by atoms with E-state index in [1.54, 1.807) is 0 Å². The molecule has 0 radical (unpaired) electrons. The average Bonchev–Trinajstić information content (AvgIpc) is 3.18. The molecule has 2 aliphatic heterocycles. The Kier molecular flexibility index (Phi) is 5.92. The Labute approximate surface area is 189 Å². The third kappa shape index (κ3) is 3.90. The number of hydrogen-bond donors (Lipinski definition) is 1. The second kappa shape index (κ2) is 8.99. The van der Waals surface area contributed by atoms with E-state index in [0.717, 1.165) is 44.8 Å². The molecule has 2 aromatic carbocycles. The molecule has 1 N–H and O–H groups in total. The molecule has 0 bridgehead atoms. The molecule has 0 spiro atoms. The van der Waals surface area contributed by atoms with E-state index in [-0.39, 0.29) is 18.8 Å². The third-order valence-corrected chi connectivity index (χ3v) is 6.88. The number of allylic oxidation sites excluding steroid dienone is 1. The van der Waals surface area contributed by atoms with Gasteiger partial charge in [-0.3, -0.25) is 9.29 Å². The summed E-state index contributed by atoms with van der Waals surface area (Å²) in [7, 11) is 0. The number of hydrogen-bond acceptors (Lipinski definition) is 3. The molecule has 2 aliphatic rings. The third-order valence-electron chi connectivity index (χ3n) is 6.88. The second-order valence-corrected chi connectivity index (χ2v) is 8.94. The molecule has 3 heterocycles. The number of aromatic nitrogens is 1. The topological polar surface area (TPSA) is 31.5 Å². The summed E-state index contributed by atoms with van der Waals surface area (Å²) in [5.74, 6) is 0.900. The van der Waals surface area contributed by atoms with Gasteiger partial charge in [-0.1, -0.05) is 43.8 Å². The Balaban J connectivity index is 1.38. The molecule has 0 unspecified atom stereocenters. The molecule has 4 nitrogen and oxygen atoms in total. The van der Waals surface area contributed by atoms with Gasteiger partial charge >= 0.3 is 0 Å². The van der Waals surface area contributed by atoms with Crippen LogP contribution in [0.25, 0.3) is 10.9 Å². The first-order chi connectivity index (χ1) is 15.7. The van der Waals surface area contributed by atoms with Crippen molar-refractivity contribution in [3.05, 3.63) is 77.6 Å². The SMILES string of the molecule is C=C(CC)N1CCc2c([nH]c3ccccc23)[C@H]1c1ccc(OC2CN(CCCF)C2)cc1. The van der Waals surface area contributed by atoms with E-state index in [4.69, 9.17) is 4.74 Å². The van der Waals surface area contributed by atoms with Crippen molar-refractivity contribution in [1.82, 2.24) is 14.8 Å². The fraction of sp³-hybridized carbons (Fsp3) is 0.407. The van der Waals surface area contributed by atoms with E-state index in [2.05, 4.69) is 76.8 Å². The highest BCUT2D eigenvalue weighted by atomic mass is 19.1. The molecular weight excluding hydrogens is 401 g/mol. The minimum Gasteiger partial charge on any atom is -0.488 e. The molecule has 0 saturated carbocycles. The Morgan fingerprint density at radius 1 is 1.16 bits per heavy atom. The highest BCUT2D eigenvalue weighted by Crippen LogP contribution is 2.40. The van der Waals surface area contributed by atoms with E-state index < -0.39 is 0 Å². The first kappa shape index (κ1) is 21.1. The number of nitrogens with zero attached hydrogens (tertiary/aromatic N) is 2. The van der Waals surface area contributed by atoms with Gasteiger partial charge in [0.25, 0.3) is 0 Å². The summed E-state index contributed by atoms with van der Waals surface area (Å²) in [4.78, 5) is 8.40. The maximum Gasteiger partial charge on any atom is 0.124 e. The molecule has 1 fully saturated rings. The van der Waals surface area contributed by atoms with Crippen LogP contribution in [0.1, 0.15) is 42.6 Å². The van der Waals surface area contributed by atoms with Crippen LogP contribution in [0.3, 0.4) is 0 Å². The van der Waals surface area contributed by atoms with Gasteiger partial charge in [-0.25, -0.2) is 0 Å². The smallest absolute Gasteiger partial charge is 0.124 e. The van der Waals surface area contributed by atoms with Gasteiger partial charge in [0.2, 0.25) is 0 Å². The lowest BCUT2D eigenvalue weighted by molar-refractivity contribution is 0.0184. The summed E-state index contributed by atoms with van der Waals surface area (Å²) in [6.07, 6.45) is 2.77. The zero-order valence-electron chi connectivity index (χ0n) is 18.8. The Bertz CT molecular complexity index is 1080. The molecule has 1 saturated heterocycles. The van der Waals surface area contributed by atoms with Gasteiger partial charge in [0.1, 0.15) is 11.9 Å². The van der Waals surface area contributed by atoms with Gasteiger partial charge < -0.3 is 14.6 Å². The highest BCUT2D eigenvalue weighted by Gasteiger charge is 2.32. The molecule has 0 aliphatic carbocycles. The molecule has 5 rings (SSSR count). The van der Waals surface area contributed by atoms with Crippen LogP contribution in [0.5, 0.6) is 5.75 Å². The van der Waals surface area contributed by atoms with E-state index in [0.29, 0.717) is 6.42 Å². The molecule has 5 heteroatoms. The van der Waals surface area contributed by atoms with Crippen molar-refractivity contribution >= 4 is 10.9 Å². The summed E-state index contributed by atoms with van der Waals surface area (Å²) in [6, 6.07) is 17.3. The molecule has 168 valence electrons. The van der Waals surface area contributed by atoms with Gasteiger partial charge in [-0.05, 0) is 48.6 Å². The Morgan fingerprint density at radius 3 is 2.69 bits per heavy atom. The maximum absolute atomic E-state index is 12.3. The number of benzene rings is 2. The highest BCUT2D eigenvalue weighted by molar-refractivity contribution is 5.85. The number of halogens is 1. The van der Waals surface area contributed by atoms with Gasteiger partial charge in [0, 0.05) is 48.5 Å². The lowest BCUT2D eigenvalue weighted by Crippen LogP contribution is -2.53. The summed E-state index contributed by atoms with van der Waals surface area (Å²) < 4.78 is 18.5. The van der Waals surface area contributed by atoms with Crippen molar-refractivity contribution in [2.24, 2.45) is 0 Å². The number of alkyl halides is 1. The molecule has 0 amide bonds. The molecule has 3 aromatic rings. The van der Waals surface area contributed by atoms with E-state index in [9.17, 15) is 4.39 Å². The standard InChI is InChI=1S/C27H32FN3O/c1-3-19(2)31-16-13-24-23-7-4-5-8-25(23)29-26(24)27(31)20-9-11-21(12-10-20)32-22-17-30(18-22)15-6-14-28/h4-5,7-12,22,27,29H,2-3,6,13-18H2,1H3/t27-/m1/s1. The van der Waals surface area contributed by atoms with Crippen LogP contribution in [-0.4, -0.2) is 53.7 Å². The fourth-order valence-corrected chi connectivity index (χ4v) is 5.12. The van der Waals surface area contributed by atoms with Crippen LogP contribution in [-0.2, 0) is 6.42 Å². The Hall–Kier alpha value is -2.79. The molecule has 1 aromatic heterocycles. The monoisotopic (exact) mass is 433 g/mol. The predicted octanol–water partition coefficient (Wildman–Crippen LogP) is 5.46. The van der Waals surface area contributed by atoms with Crippen molar-refractivity contribution in [2.75, 3.05) is 32.9 Å². The quantitative estimate of drug-likeness (QED) is 0.512. The molecule has 1 atom stereocenters. The molecular formula is C27H32FN3O. The van der Waals surface area contributed by atoms with Gasteiger partial charge in [0.15, 0.2) is 0 Å². The van der Waals surface area contributed by atoms with Crippen molar-refractivity contribution in [3.63, 3.8) is 0 Å². The number of nitrogens with one attached hydrogen (secondary N) is 1. The van der Waals surface area contributed by atoms with Crippen LogP contribution in [0, 0.1) is 0 Å². The van der Waals surface area contributed by atoms with Crippen molar-refractivity contribution in [2.45, 2.75) is 38.3 Å². The van der Waals surface area contributed by atoms with Crippen molar-refractivity contribution in [1.29, 1.82) is 0 Å². The van der Waals surface area contributed by atoms with Gasteiger partial charge in [0.05, 0.1) is 12.7 Å². The number of aromatic amines is 1. The number of H-pyrrole nitrogens is 1. The number of likely N-dealkylation sites (tertiary alicyclic amines) is 1. The van der Waals surface area contributed by atoms with Crippen LogP contribution in [0.4, 0.5) is 4.39 Å². The van der Waals surface area contributed by atoms with Crippen LogP contribution in [0.2, 0.25) is 0 Å². The van der Waals surface area contributed by atoms with E-state index in [1.807, 2.05) is 0 Å². The number of para-hydroxylation sites is 1. The van der Waals surface area contributed by atoms with Crippen molar-refractivity contribution < 1.29 is 9.13 Å². The van der Waals surface area contributed by atoms with Crippen molar-refractivity contribution in [3.8, 4) is 5.75 Å². The first-order valence-electron chi connectivity index (χ1n) is 11.8. The fourth-order valence-electron chi connectivity index (χ4n) is 5.12. The largest absolute Gasteiger partial charge is 0.488 e. The maximum atomic E-state index is 12.3. The number of ether oxygens (including phenoxy) is 1. The van der Waals surface area contributed by atoms with Crippen LogP contribution in [0.15, 0.2) is 60.8 Å².